The lowest BCUT2D eigenvalue weighted by atomic mass is 9.93. The molecule has 126 valence electrons. The molecule has 3 rings (SSSR count). The van der Waals surface area contributed by atoms with Crippen LogP contribution >= 0.6 is 11.3 Å². The highest BCUT2D eigenvalue weighted by Crippen LogP contribution is 2.27. The smallest absolute Gasteiger partial charge is 0.138 e. The second-order valence-corrected chi connectivity index (χ2v) is 6.95. The SMILES string of the molecule is CCc1nc(NCC(CC(C)O)c2ccccc2)c2ccsc2n1. The van der Waals surface area contributed by atoms with Gasteiger partial charge in [-0.15, -0.1) is 11.3 Å². The number of aryl methyl sites for hydroxylation is 1. The van der Waals surface area contributed by atoms with Gasteiger partial charge in [0.05, 0.1) is 11.5 Å². The number of aliphatic hydroxyl groups is 1. The Labute approximate surface area is 146 Å². The Kier molecular flexibility index (Phi) is 5.43. The second-order valence-electron chi connectivity index (χ2n) is 6.05. The molecule has 0 saturated heterocycles. The second kappa shape index (κ2) is 7.73. The summed E-state index contributed by atoms with van der Waals surface area (Å²) in [5, 5.41) is 16.5. The highest BCUT2D eigenvalue weighted by atomic mass is 32.1. The third kappa shape index (κ3) is 3.91. The van der Waals surface area contributed by atoms with Crippen molar-refractivity contribution >= 4 is 27.4 Å². The maximum atomic E-state index is 9.85. The first-order chi connectivity index (χ1) is 11.7. The Morgan fingerprint density at radius 1 is 1.17 bits per heavy atom. The maximum absolute atomic E-state index is 9.85. The molecule has 2 N–H and O–H groups in total. The van der Waals surface area contributed by atoms with Crippen molar-refractivity contribution in [3.63, 3.8) is 0 Å². The average molecular weight is 341 g/mol. The first-order valence-electron chi connectivity index (χ1n) is 8.38. The Balaban J connectivity index is 1.83. The summed E-state index contributed by atoms with van der Waals surface area (Å²) < 4.78 is 0. The molecule has 4 nitrogen and oxygen atoms in total. The molecule has 0 fully saturated rings. The predicted molar refractivity (Wildman–Crippen MR) is 101 cm³/mol. The molecule has 2 unspecified atom stereocenters. The number of aromatic nitrogens is 2. The number of benzene rings is 1. The lowest BCUT2D eigenvalue weighted by Crippen LogP contribution is -2.18. The van der Waals surface area contributed by atoms with Gasteiger partial charge in [-0.05, 0) is 30.4 Å². The third-order valence-corrected chi connectivity index (χ3v) is 4.91. The van der Waals surface area contributed by atoms with Crippen LogP contribution in [-0.4, -0.2) is 27.7 Å². The minimum atomic E-state index is -0.338. The highest BCUT2D eigenvalue weighted by Gasteiger charge is 2.16. The Hall–Kier alpha value is -1.98. The van der Waals surface area contributed by atoms with Gasteiger partial charge in [0, 0.05) is 18.9 Å². The summed E-state index contributed by atoms with van der Waals surface area (Å²) in [5.74, 6) is 1.99. The van der Waals surface area contributed by atoms with Gasteiger partial charge in [-0.25, -0.2) is 9.97 Å². The van der Waals surface area contributed by atoms with E-state index in [4.69, 9.17) is 0 Å². The van der Waals surface area contributed by atoms with Gasteiger partial charge >= 0.3 is 0 Å². The number of nitrogens with one attached hydrogen (secondary N) is 1. The Morgan fingerprint density at radius 3 is 2.67 bits per heavy atom. The monoisotopic (exact) mass is 341 g/mol. The van der Waals surface area contributed by atoms with Gasteiger partial charge in [0.1, 0.15) is 16.5 Å². The zero-order chi connectivity index (χ0) is 16.9. The molecule has 0 aliphatic heterocycles. The van der Waals surface area contributed by atoms with E-state index in [2.05, 4.69) is 45.8 Å². The van der Waals surface area contributed by atoms with E-state index in [-0.39, 0.29) is 12.0 Å². The van der Waals surface area contributed by atoms with Gasteiger partial charge in [0.25, 0.3) is 0 Å². The maximum Gasteiger partial charge on any atom is 0.138 e. The molecule has 2 heterocycles. The molecular formula is C19H23N3OS. The van der Waals surface area contributed by atoms with E-state index in [0.29, 0.717) is 0 Å². The largest absolute Gasteiger partial charge is 0.393 e. The normalized spacial score (nSPS) is 13.8. The number of anilines is 1. The molecule has 2 aromatic heterocycles. The summed E-state index contributed by atoms with van der Waals surface area (Å²) in [5.41, 5.74) is 1.23. The van der Waals surface area contributed by atoms with E-state index in [9.17, 15) is 5.11 Å². The van der Waals surface area contributed by atoms with Crippen molar-refractivity contribution in [1.29, 1.82) is 0 Å². The van der Waals surface area contributed by atoms with Crippen LogP contribution in [0.2, 0.25) is 0 Å². The van der Waals surface area contributed by atoms with Crippen LogP contribution in [0.4, 0.5) is 5.82 Å². The molecule has 0 amide bonds. The lowest BCUT2D eigenvalue weighted by Gasteiger charge is -2.20. The van der Waals surface area contributed by atoms with E-state index >= 15 is 0 Å². The molecule has 0 bridgehead atoms. The Bertz CT molecular complexity index is 786. The van der Waals surface area contributed by atoms with Crippen molar-refractivity contribution in [3.05, 3.63) is 53.2 Å². The van der Waals surface area contributed by atoms with Crippen LogP contribution in [-0.2, 0) is 6.42 Å². The minimum Gasteiger partial charge on any atom is -0.393 e. The van der Waals surface area contributed by atoms with Crippen LogP contribution in [0.1, 0.15) is 37.6 Å². The van der Waals surface area contributed by atoms with Crippen molar-refractivity contribution in [3.8, 4) is 0 Å². The standard InChI is InChI=1S/C19H23N3OS/c1-3-17-21-18(16-9-10-24-19(16)22-17)20-12-15(11-13(2)23)14-7-5-4-6-8-14/h4-10,13,15,23H,3,11-12H2,1-2H3,(H,20,21,22). The van der Waals surface area contributed by atoms with Gasteiger partial charge in [-0.2, -0.15) is 0 Å². The number of nitrogens with zero attached hydrogens (tertiary/aromatic N) is 2. The summed E-state index contributed by atoms with van der Waals surface area (Å²) in [7, 11) is 0. The molecule has 0 spiro atoms. The first-order valence-corrected chi connectivity index (χ1v) is 9.26. The van der Waals surface area contributed by atoms with Gasteiger partial charge < -0.3 is 10.4 Å². The van der Waals surface area contributed by atoms with E-state index in [1.165, 1.54) is 5.56 Å². The van der Waals surface area contributed by atoms with Crippen LogP contribution in [0.5, 0.6) is 0 Å². The van der Waals surface area contributed by atoms with Crippen LogP contribution in [0, 0.1) is 0 Å². The number of fused-ring (bicyclic) bond motifs is 1. The van der Waals surface area contributed by atoms with Crippen molar-refractivity contribution in [2.24, 2.45) is 0 Å². The fourth-order valence-corrected chi connectivity index (χ4v) is 3.67. The molecule has 2 atom stereocenters. The number of hydrogen-bond acceptors (Lipinski definition) is 5. The van der Waals surface area contributed by atoms with Gasteiger partial charge in [-0.3, -0.25) is 0 Å². The molecule has 0 saturated carbocycles. The lowest BCUT2D eigenvalue weighted by molar-refractivity contribution is 0.175. The third-order valence-electron chi connectivity index (χ3n) is 4.10. The van der Waals surface area contributed by atoms with E-state index in [1.54, 1.807) is 11.3 Å². The van der Waals surface area contributed by atoms with Crippen LogP contribution < -0.4 is 5.32 Å². The zero-order valence-corrected chi connectivity index (χ0v) is 14.9. The molecule has 3 aromatic rings. The molecule has 0 aliphatic carbocycles. The summed E-state index contributed by atoms with van der Waals surface area (Å²) in [4.78, 5) is 10.3. The fraction of sp³-hybridized carbons (Fsp3) is 0.368. The van der Waals surface area contributed by atoms with Crippen molar-refractivity contribution in [2.45, 2.75) is 38.7 Å². The predicted octanol–water partition coefficient (Wildman–Crippen LogP) is 4.22. The first kappa shape index (κ1) is 16.9. The number of thiophene rings is 1. The molecule has 0 aliphatic rings. The minimum absolute atomic E-state index is 0.236. The Morgan fingerprint density at radius 2 is 1.96 bits per heavy atom. The van der Waals surface area contributed by atoms with Gasteiger partial charge in [-0.1, -0.05) is 37.3 Å². The summed E-state index contributed by atoms with van der Waals surface area (Å²) in [6.45, 7) is 4.64. The average Bonchev–Trinajstić information content (AvgIpc) is 3.07. The summed E-state index contributed by atoms with van der Waals surface area (Å²) in [6, 6.07) is 12.4. The number of hydrogen-bond donors (Lipinski definition) is 2. The van der Waals surface area contributed by atoms with Crippen LogP contribution in [0.15, 0.2) is 41.8 Å². The molecule has 0 radical (unpaired) electrons. The highest BCUT2D eigenvalue weighted by molar-refractivity contribution is 7.16. The van der Waals surface area contributed by atoms with Crippen molar-refractivity contribution in [1.82, 2.24) is 9.97 Å². The van der Waals surface area contributed by atoms with Crippen molar-refractivity contribution < 1.29 is 5.11 Å². The van der Waals surface area contributed by atoms with E-state index < -0.39 is 0 Å². The van der Waals surface area contributed by atoms with E-state index in [0.717, 1.165) is 41.2 Å². The van der Waals surface area contributed by atoms with Crippen LogP contribution in [0.3, 0.4) is 0 Å². The van der Waals surface area contributed by atoms with Crippen molar-refractivity contribution in [2.75, 3.05) is 11.9 Å². The van der Waals surface area contributed by atoms with E-state index in [1.807, 2.05) is 25.1 Å². The molecule has 24 heavy (non-hydrogen) atoms. The summed E-state index contributed by atoms with van der Waals surface area (Å²) in [6.07, 6.45) is 1.20. The zero-order valence-electron chi connectivity index (χ0n) is 14.1. The van der Waals surface area contributed by atoms with Gasteiger partial charge in [0.15, 0.2) is 0 Å². The molecule has 1 aromatic carbocycles. The molecule has 5 heteroatoms. The molecular weight excluding hydrogens is 318 g/mol. The number of rotatable bonds is 7. The number of aliphatic hydroxyl groups excluding tert-OH is 1. The topological polar surface area (TPSA) is 58.0 Å². The van der Waals surface area contributed by atoms with Gasteiger partial charge in [0.2, 0.25) is 0 Å². The summed E-state index contributed by atoms with van der Waals surface area (Å²) >= 11 is 1.64. The quantitative estimate of drug-likeness (QED) is 0.675. The van der Waals surface area contributed by atoms with Crippen LogP contribution in [0.25, 0.3) is 10.2 Å². The fourth-order valence-electron chi connectivity index (χ4n) is 2.89.